The predicted molar refractivity (Wildman–Crippen MR) is 158 cm³/mol. The molecule has 1 unspecified atom stereocenters. The maximum atomic E-state index is 15.2. The van der Waals surface area contributed by atoms with Crippen LogP contribution in [0, 0.1) is 11.8 Å². The number of ether oxygens (including phenoxy) is 2. The summed E-state index contributed by atoms with van der Waals surface area (Å²) in [6.07, 6.45) is -5.31. The van der Waals surface area contributed by atoms with Crippen LogP contribution in [0.1, 0.15) is 36.1 Å². The summed E-state index contributed by atoms with van der Waals surface area (Å²) in [6.45, 7) is 2.20. The normalized spacial score (nSPS) is 12.7. The van der Waals surface area contributed by atoms with E-state index in [0.717, 1.165) is 13.0 Å². The van der Waals surface area contributed by atoms with Crippen molar-refractivity contribution in [1.82, 2.24) is 0 Å². The Labute approximate surface area is 252 Å². The van der Waals surface area contributed by atoms with E-state index >= 15 is 13.2 Å². The predicted octanol–water partition coefficient (Wildman–Crippen LogP) is 7.63. The number of nitrogens with one attached hydrogen (secondary N) is 1. The average molecular weight is 606 g/mol. The number of esters is 2. The Hall–Kier alpha value is -4.74. The van der Waals surface area contributed by atoms with Crippen molar-refractivity contribution in [2.24, 2.45) is 0 Å². The van der Waals surface area contributed by atoms with Crippen molar-refractivity contribution in [3.63, 3.8) is 0 Å². The van der Waals surface area contributed by atoms with Gasteiger partial charge in [0.05, 0.1) is 6.61 Å². The van der Waals surface area contributed by atoms with E-state index in [1.807, 2.05) is 103 Å². The molecule has 4 rings (SSSR count). The number of alkyl halides is 3. The van der Waals surface area contributed by atoms with Crippen molar-refractivity contribution >= 4 is 29.2 Å². The largest absolute Gasteiger partial charge is 0.456 e. The molecule has 0 spiro atoms. The fourth-order valence-corrected chi connectivity index (χ4v) is 5.02. The van der Waals surface area contributed by atoms with Crippen LogP contribution in [-0.4, -0.2) is 24.7 Å². The number of carbonyl (C=O) groups is 2. The molecule has 0 heterocycles. The lowest BCUT2D eigenvalue weighted by molar-refractivity contribution is -0.252. The smallest absolute Gasteiger partial charge is 0.445 e. The van der Waals surface area contributed by atoms with Crippen LogP contribution in [0.4, 0.5) is 18.9 Å². The van der Waals surface area contributed by atoms with Crippen LogP contribution in [0.3, 0.4) is 0 Å². The van der Waals surface area contributed by atoms with Crippen LogP contribution in [0.5, 0.6) is 0 Å². The first-order chi connectivity index (χ1) is 20.5. The first-order valence-electron chi connectivity index (χ1n) is 13.2. The molecule has 0 aromatic heterocycles. The average Bonchev–Trinajstić information content (AvgIpc) is 2.99. The Morgan fingerprint density at radius 1 is 0.814 bits per heavy atom. The van der Waals surface area contributed by atoms with E-state index in [1.54, 1.807) is 0 Å². The van der Waals surface area contributed by atoms with Crippen molar-refractivity contribution < 1.29 is 32.2 Å². The maximum absolute atomic E-state index is 15.2. The van der Waals surface area contributed by atoms with Gasteiger partial charge in [-0.05, 0) is 47.7 Å². The summed E-state index contributed by atoms with van der Waals surface area (Å²) in [5.74, 6) is 1.26. The summed E-state index contributed by atoms with van der Waals surface area (Å²) < 4.78 is 55.2. The molecular formula is C34H27ClF3NO4. The zero-order chi connectivity index (χ0) is 31.1. The molecule has 0 aliphatic rings. The van der Waals surface area contributed by atoms with E-state index in [1.165, 1.54) is 19.1 Å². The quantitative estimate of drug-likeness (QED) is 0.0968. The molecule has 0 aliphatic heterocycles. The van der Waals surface area contributed by atoms with Gasteiger partial charge in [0.2, 0.25) is 0 Å². The zero-order valence-electron chi connectivity index (χ0n) is 23.2. The van der Waals surface area contributed by atoms with Gasteiger partial charge in [0.15, 0.2) is 0 Å². The van der Waals surface area contributed by atoms with Crippen molar-refractivity contribution in [3.05, 3.63) is 136 Å². The van der Waals surface area contributed by atoms with Crippen LogP contribution in [0.25, 0.3) is 0 Å². The summed E-state index contributed by atoms with van der Waals surface area (Å²) in [5, 5.41) is 3.29. The van der Waals surface area contributed by atoms with Crippen molar-refractivity contribution in [3.8, 4) is 11.8 Å². The summed E-state index contributed by atoms with van der Waals surface area (Å²) in [6, 6.07) is 31.3. The third-order valence-corrected chi connectivity index (χ3v) is 6.85. The highest BCUT2D eigenvalue weighted by Gasteiger charge is 2.60. The molecule has 0 saturated heterocycles. The van der Waals surface area contributed by atoms with E-state index < -0.39 is 34.8 Å². The number of benzene rings is 4. The molecular weight excluding hydrogens is 579 g/mol. The molecule has 43 heavy (non-hydrogen) atoms. The number of hydrogen-bond acceptors (Lipinski definition) is 5. The topological polar surface area (TPSA) is 64.6 Å². The van der Waals surface area contributed by atoms with Crippen molar-refractivity contribution in [2.45, 2.75) is 31.2 Å². The Kier molecular flexibility index (Phi) is 9.47. The molecule has 0 amide bonds. The molecule has 220 valence electrons. The fraction of sp³-hybridized carbons (Fsp3) is 0.176. The molecule has 0 bridgehead atoms. The maximum Gasteiger partial charge on any atom is 0.445 e. The highest BCUT2D eigenvalue weighted by Crippen LogP contribution is 2.48. The van der Waals surface area contributed by atoms with Gasteiger partial charge in [0.25, 0.3) is 5.60 Å². The van der Waals surface area contributed by atoms with E-state index in [4.69, 9.17) is 21.1 Å². The number of hydrogen-bond donors (Lipinski definition) is 1. The van der Waals surface area contributed by atoms with Crippen LogP contribution < -0.4 is 5.32 Å². The van der Waals surface area contributed by atoms with Gasteiger partial charge < -0.3 is 14.8 Å². The van der Waals surface area contributed by atoms with E-state index in [2.05, 4.69) is 5.32 Å². The number of rotatable bonds is 8. The first-order valence-corrected chi connectivity index (χ1v) is 13.6. The summed E-state index contributed by atoms with van der Waals surface area (Å²) in [4.78, 5) is 24.4. The second-order valence-corrected chi connectivity index (χ2v) is 9.84. The minimum Gasteiger partial charge on any atom is -0.456 e. The molecule has 0 saturated carbocycles. The van der Waals surface area contributed by atoms with Crippen LogP contribution in [-0.2, 0) is 30.2 Å². The molecule has 1 N–H and O–H groups in total. The van der Waals surface area contributed by atoms with Gasteiger partial charge in [0, 0.05) is 29.1 Å². The number of anilines is 1. The minimum atomic E-state index is -5.31. The summed E-state index contributed by atoms with van der Waals surface area (Å²) in [7, 11) is 0. The second kappa shape index (κ2) is 13.1. The Bertz CT molecular complexity index is 1540. The lowest BCUT2D eigenvalue weighted by Crippen LogP contribution is -2.46. The Morgan fingerprint density at radius 2 is 1.30 bits per heavy atom. The van der Waals surface area contributed by atoms with E-state index in [9.17, 15) is 9.59 Å². The van der Waals surface area contributed by atoms with Gasteiger partial charge in [-0.1, -0.05) is 103 Å². The SMILES string of the molecule is CCOC(=O)C#CC(OC(C)=O)(c1cc(Cl)ccc1NC(c1ccccc1)(c1ccccc1)c1ccccc1)C(F)(F)F. The van der Waals surface area contributed by atoms with Crippen LogP contribution in [0.2, 0.25) is 5.02 Å². The van der Waals surface area contributed by atoms with E-state index in [-0.39, 0.29) is 17.3 Å². The minimum absolute atomic E-state index is 0.0796. The summed E-state index contributed by atoms with van der Waals surface area (Å²) >= 11 is 6.27. The Balaban J connectivity index is 2.09. The first kappa shape index (κ1) is 31.2. The van der Waals surface area contributed by atoms with Gasteiger partial charge in [-0.3, -0.25) is 4.79 Å². The molecule has 0 aliphatic carbocycles. The van der Waals surface area contributed by atoms with Crippen molar-refractivity contribution in [2.75, 3.05) is 11.9 Å². The molecule has 4 aromatic rings. The zero-order valence-corrected chi connectivity index (χ0v) is 24.0. The van der Waals surface area contributed by atoms with E-state index in [0.29, 0.717) is 16.7 Å². The number of carbonyl (C=O) groups excluding carboxylic acids is 2. The van der Waals surface area contributed by atoms with Gasteiger partial charge >= 0.3 is 18.1 Å². The standard InChI is InChI=1S/C34H27ClF3NO4/c1-3-42-31(41)21-22-32(34(36,37)38,43-24(2)40)29-23-28(35)19-20-30(29)39-33(25-13-7-4-8-14-25,26-15-9-5-10-16-26)27-17-11-6-12-18-27/h4-20,23,39H,3H2,1-2H3. The van der Waals surface area contributed by atoms with Gasteiger partial charge in [-0.2, -0.15) is 13.2 Å². The molecule has 9 heteroatoms. The highest BCUT2D eigenvalue weighted by atomic mass is 35.5. The molecule has 0 radical (unpaired) electrons. The summed E-state index contributed by atoms with van der Waals surface area (Å²) in [5.41, 5.74) is -3.45. The lowest BCUT2D eigenvalue weighted by Gasteiger charge is -2.40. The van der Waals surface area contributed by atoms with Gasteiger partial charge in [-0.15, -0.1) is 0 Å². The molecule has 1 atom stereocenters. The molecule has 5 nitrogen and oxygen atoms in total. The monoisotopic (exact) mass is 605 g/mol. The van der Waals surface area contributed by atoms with Gasteiger partial charge in [-0.25, -0.2) is 4.79 Å². The van der Waals surface area contributed by atoms with Gasteiger partial charge in [0.1, 0.15) is 5.54 Å². The third-order valence-electron chi connectivity index (χ3n) is 6.62. The molecule has 4 aromatic carbocycles. The van der Waals surface area contributed by atoms with Crippen molar-refractivity contribution in [1.29, 1.82) is 0 Å². The number of halogens is 4. The van der Waals surface area contributed by atoms with Crippen LogP contribution >= 0.6 is 11.6 Å². The lowest BCUT2D eigenvalue weighted by atomic mass is 9.76. The Morgan fingerprint density at radius 3 is 1.72 bits per heavy atom. The highest BCUT2D eigenvalue weighted by molar-refractivity contribution is 6.30. The second-order valence-electron chi connectivity index (χ2n) is 9.41. The fourth-order valence-electron chi connectivity index (χ4n) is 4.85. The van der Waals surface area contributed by atoms with Crippen LogP contribution in [0.15, 0.2) is 109 Å². The third kappa shape index (κ3) is 6.52. The molecule has 0 fully saturated rings.